The Balaban J connectivity index is 1.24. The second-order valence-corrected chi connectivity index (χ2v) is 8.56. The summed E-state index contributed by atoms with van der Waals surface area (Å²) in [5.41, 5.74) is 11.4. The third kappa shape index (κ3) is 2.82. The number of benzene rings is 1. The summed E-state index contributed by atoms with van der Waals surface area (Å²) >= 11 is 0. The average Bonchev–Trinajstić information content (AvgIpc) is 3.34. The van der Waals surface area contributed by atoms with Gasteiger partial charge in [-0.2, -0.15) is 5.10 Å². The number of halogens is 1. The van der Waals surface area contributed by atoms with Crippen molar-refractivity contribution in [1.82, 2.24) is 25.1 Å². The first kappa shape index (κ1) is 18.4. The molecule has 156 valence electrons. The highest BCUT2D eigenvalue weighted by Gasteiger charge is 2.45. The lowest BCUT2D eigenvalue weighted by atomic mass is 9.73. The van der Waals surface area contributed by atoms with Crippen molar-refractivity contribution in [3.8, 4) is 11.3 Å². The lowest BCUT2D eigenvalue weighted by Gasteiger charge is -2.42. The van der Waals surface area contributed by atoms with Crippen LogP contribution in [0.3, 0.4) is 0 Å². The number of fused-ring (bicyclic) bond motifs is 2. The van der Waals surface area contributed by atoms with Crippen LogP contribution in [0.4, 0.5) is 10.2 Å². The molecule has 3 N–H and O–H groups in total. The Morgan fingerprint density at radius 1 is 1.13 bits per heavy atom. The van der Waals surface area contributed by atoms with Gasteiger partial charge in [0.25, 0.3) is 0 Å². The van der Waals surface area contributed by atoms with Crippen molar-refractivity contribution in [2.24, 2.45) is 11.1 Å². The second-order valence-electron chi connectivity index (χ2n) is 8.56. The Labute approximate surface area is 178 Å². The fraction of sp³-hybridized carbons (Fsp3) is 0.304. The van der Waals surface area contributed by atoms with E-state index >= 15 is 0 Å². The number of H-pyrrole nitrogens is 1. The summed E-state index contributed by atoms with van der Waals surface area (Å²) in [5.74, 6) is 0.369. The number of nitrogens with one attached hydrogen (secondary N) is 1. The normalized spacial score (nSPS) is 19.8. The van der Waals surface area contributed by atoms with Crippen LogP contribution in [-0.2, 0) is 6.42 Å². The molecule has 1 atom stereocenters. The molecule has 0 unspecified atom stereocenters. The average molecular weight is 415 g/mol. The van der Waals surface area contributed by atoms with Crippen LogP contribution >= 0.6 is 0 Å². The predicted octanol–water partition coefficient (Wildman–Crippen LogP) is 3.40. The molecule has 4 aromatic rings. The zero-order valence-electron chi connectivity index (χ0n) is 16.9. The van der Waals surface area contributed by atoms with Gasteiger partial charge in [0.15, 0.2) is 5.82 Å². The molecular weight excluding hydrogens is 393 g/mol. The Bertz CT molecular complexity index is 1280. The molecule has 2 aliphatic rings. The van der Waals surface area contributed by atoms with Crippen molar-refractivity contribution < 1.29 is 4.39 Å². The van der Waals surface area contributed by atoms with Gasteiger partial charge in [-0.3, -0.25) is 10.1 Å². The quantitative estimate of drug-likeness (QED) is 0.521. The van der Waals surface area contributed by atoms with Gasteiger partial charge in [-0.15, -0.1) is 0 Å². The van der Waals surface area contributed by atoms with E-state index in [1.54, 1.807) is 18.5 Å². The predicted molar refractivity (Wildman–Crippen MR) is 116 cm³/mol. The molecule has 0 amide bonds. The van der Waals surface area contributed by atoms with E-state index in [4.69, 9.17) is 10.7 Å². The van der Waals surface area contributed by atoms with Gasteiger partial charge in [-0.05, 0) is 41.9 Å². The van der Waals surface area contributed by atoms with E-state index in [9.17, 15) is 4.39 Å². The van der Waals surface area contributed by atoms with Gasteiger partial charge in [0.1, 0.15) is 11.3 Å². The van der Waals surface area contributed by atoms with Crippen LogP contribution < -0.4 is 10.6 Å². The number of anilines is 1. The van der Waals surface area contributed by atoms with Crippen molar-refractivity contribution >= 4 is 17.0 Å². The van der Waals surface area contributed by atoms with Crippen LogP contribution in [0, 0.1) is 11.2 Å². The van der Waals surface area contributed by atoms with Crippen LogP contribution in [0.25, 0.3) is 22.4 Å². The molecule has 1 fully saturated rings. The number of piperidine rings is 1. The summed E-state index contributed by atoms with van der Waals surface area (Å²) in [6, 6.07) is 10.2. The Morgan fingerprint density at radius 3 is 2.77 bits per heavy atom. The smallest absolute Gasteiger partial charge is 0.202 e. The van der Waals surface area contributed by atoms with E-state index in [2.05, 4.69) is 49.3 Å². The van der Waals surface area contributed by atoms with Crippen LogP contribution in [0.2, 0.25) is 0 Å². The first-order valence-corrected chi connectivity index (χ1v) is 10.5. The molecule has 1 saturated heterocycles. The molecule has 1 aromatic carbocycles. The standard InChI is InChI=1S/C23H22FN7/c24-17-12-26-8-5-16(17)19-20-22(30-29-19)28-18(13-27-20)31-9-6-23(7-10-31)11-14-3-1-2-4-15(14)21(23)25/h1-5,8,12-13,21H,6-7,9-11,25H2,(H,28,29,30)/t21-/m1/s1. The zero-order valence-corrected chi connectivity index (χ0v) is 16.9. The molecule has 31 heavy (non-hydrogen) atoms. The summed E-state index contributed by atoms with van der Waals surface area (Å²) in [7, 11) is 0. The van der Waals surface area contributed by atoms with E-state index in [-0.39, 0.29) is 11.5 Å². The van der Waals surface area contributed by atoms with Crippen molar-refractivity contribution in [3.63, 3.8) is 0 Å². The zero-order chi connectivity index (χ0) is 21.0. The number of pyridine rings is 1. The van der Waals surface area contributed by atoms with Crippen LogP contribution in [0.5, 0.6) is 0 Å². The van der Waals surface area contributed by atoms with Gasteiger partial charge in [-0.25, -0.2) is 14.4 Å². The lowest BCUT2D eigenvalue weighted by molar-refractivity contribution is 0.187. The van der Waals surface area contributed by atoms with Gasteiger partial charge in [-0.1, -0.05) is 24.3 Å². The summed E-state index contributed by atoms with van der Waals surface area (Å²) in [6.07, 6.45) is 7.54. The summed E-state index contributed by atoms with van der Waals surface area (Å²) < 4.78 is 14.1. The van der Waals surface area contributed by atoms with Gasteiger partial charge in [0.05, 0.1) is 18.1 Å². The molecule has 1 aliphatic heterocycles. The summed E-state index contributed by atoms with van der Waals surface area (Å²) in [4.78, 5) is 15.3. The number of nitrogens with two attached hydrogens (primary N) is 1. The van der Waals surface area contributed by atoms with Crippen LogP contribution in [0.1, 0.15) is 30.0 Å². The van der Waals surface area contributed by atoms with E-state index < -0.39 is 5.82 Å². The number of aromatic amines is 1. The minimum absolute atomic E-state index is 0.0866. The number of aromatic nitrogens is 5. The number of nitrogens with zero attached hydrogens (tertiary/aromatic N) is 5. The maximum absolute atomic E-state index is 14.1. The van der Waals surface area contributed by atoms with Crippen molar-refractivity contribution in [2.75, 3.05) is 18.0 Å². The fourth-order valence-electron chi connectivity index (χ4n) is 5.19. The van der Waals surface area contributed by atoms with Crippen molar-refractivity contribution in [1.29, 1.82) is 0 Å². The largest absolute Gasteiger partial charge is 0.355 e. The summed E-state index contributed by atoms with van der Waals surface area (Å²) in [6.45, 7) is 1.75. The van der Waals surface area contributed by atoms with Crippen LogP contribution in [0.15, 0.2) is 48.9 Å². The Hall–Kier alpha value is -3.39. The number of hydrogen-bond acceptors (Lipinski definition) is 6. The topological polar surface area (TPSA) is 96.6 Å². The van der Waals surface area contributed by atoms with E-state index in [0.717, 1.165) is 38.2 Å². The van der Waals surface area contributed by atoms with Gasteiger partial charge >= 0.3 is 0 Å². The first-order valence-electron chi connectivity index (χ1n) is 10.5. The first-order chi connectivity index (χ1) is 15.1. The third-order valence-corrected chi connectivity index (χ3v) is 6.97. The maximum atomic E-state index is 14.1. The molecular formula is C23H22FN7. The highest BCUT2D eigenvalue weighted by molar-refractivity contribution is 5.87. The molecule has 0 radical (unpaired) electrons. The van der Waals surface area contributed by atoms with Gasteiger partial charge in [0.2, 0.25) is 5.65 Å². The van der Waals surface area contributed by atoms with Crippen molar-refractivity contribution in [2.45, 2.75) is 25.3 Å². The fourth-order valence-corrected chi connectivity index (χ4v) is 5.19. The SMILES string of the molecule is N[C@@H]1c2ccccc2CC12CCN(c1cnc3c(-c4ccncc4F)[nH]nc3n1)CC2. The Morgan fingerprint density at radius 2 is 1.97 bits per heavy atom. The minimum Gasteiger partial charge on any atom is -0.355 e. The van der Waals surface area contributed by atoms with E-state index in [1.807, 2.05) is 0 Å². The number of rotatable bonds is 2. The van der Waals surface area contributed by atoms with Crippen LogP contribution in [-0.4, -0.2) is 38.2 Å². The molecule has 0 saturated carbocycles. The highest BCUT2D eigenvalue weighted by Crippen LogP contribution is 2.50. The van der Waals surface area contributed by atoms with Gasteiger partial charge < -0.3 is 10.6 Å². The van der Waals surface area contributed by atoms with E-state index in [1.165, 1.54) is 17.3 Å². The summed E-state index contributed by atoms with van der Waals surface area (Å²) in [5, 5.41) is 7.15. The van der Waals surface area contributed by atoms with Crippen molar-refractivity contribution in [3.05, 3.63) is 65.9 Å². The molecule has 0 bridgehead atoms. The van der Waals surface area contributed by atoms with E-state index in [0.29, 0.717) is 22.4 Å². The molecule has 6 rings (SSSR count). The molecule has 1 spiro atoms. The molecule has 4 heterocycles. The van der Waals surface area contributed by atoms with Gasteiger partial charge in [0, 0.05) is 30.9 Å². The second kappa shape index (κ2) is 6.81. The maximum Gasteiger partial charge on any atom is 0.202 e. The Kier molecular flexibility index (Phi) is 4.04. The third-order valence-electron chi connectivity index (χ3n) is 6.97. The number of hydrogen-bond donors (Lipinski definition) is 2. The minimum atomic E-state index is -0.422. The highest BCUT2D eigenvalue weighted by atomic mass is 19.1. The molecule has 3 aromatic heterocycles. The lowest BCUT2D eigenvalue weighted by Crippen LogP contribution is -2.44. The molecule has 7 nitrogen and oxygen atoms in total. The molecule has 1 aliphatic carbocycles. The molecule has 8 heteroatoms. The monoisotopic (exact) mass is 415 g/mol.